The van der Waals surface area contributed by atoms with Crippen molar-refractivity contribution in [2.45, 2.75) is 24.8 Å². The summed E-state index contributed by atoms with van der Waals surface area (Å²) < 4.78 is 29.5. The molecule has 0 aliphatic heterocycles. The van der Waals surface area contributed by atoms with E-state index in [-0.39, 0.29) is 0 Å². The molecule has 0 spiro atoms. The lowest BCUT2D eigenvalue weighted by molar-refractivity contribution is 0.578. The molecule has 2 aromatic rings. The summed E-state index contributed by atoms with van der Waals surface area (Å²) in [5, 5.41) is 4.88. The van der Waals surface area contributed by atoms with Crippen LogP contribution in [0.2, 0.25) is 0 Å². The number of imidazole rings is 1. The maximum Gasteiger partial charge on any atom is 0.241 e. The van der Waals surface area contributed by atoms with E-state index in [1.54, 1.807) is 13.2 Å². The van der Waals surface area contributed by atoms with Crippen molar-refractivity contribution >= 4 is 21.4 Å². The fourth-order valence-electron chi connectivity index (χ4n) is 2.14. The zero-order valence-electron chi connectivity index (χ0n) is 12.4. The number of hydrogen-bond donors (Lipinski definition) is 2. The average Bonchev–Trinajstić information content (AvgIpc) is 2.97. The van der Waals surface area contributed by atoms with E-state index >= 15 is 0 Å². The van der Waals surface area contributed by atoms with Crippen LogP contribution < -0.4 is 10.0 Å². The molecular formula is C13H20N4O2S2. The second kappa shape index (κ2) is 6.69. The van der Waals surface area contributed by atoms with Crippen molar-refractivity contribution in [1.29, 1.82) is 0 Å². The summed E-state index contributed by atoms with van der Waals surface area (Å²) in [6, 6.07) is 0. The standard InChI is InChI=1S/C13H20N4O2S2/c1-10-9-20-11(8-14-2)13(10)21(18,19)16-5-4-12-15-6-7-17(12)3/h6-7,9,14,16H,4-5,8H2,1-3H3. The summed E-state index contributed by atoms with van der Waals surface area (Å²) in [7, 11) is 0.216. The van der Waals surface area contributed by atoms with Gasteiger partial charge in [0.2, 0.25) is 10.0 Å². The molecule has 21 heavy (non-hydrogen) atoms. The predicted molar refractivity (Wildman–Crippen MR) is 83.9 cm³/mol. The molecular weight excluding hydrogens is 308 g/mol. The topological polar surface area (TPSA) is 76.0 Å². The fraction of sp³-hybridized carbons (Fsp3) is 0.462. The first-order chi connectivity index (χ1) is 9.95. The van der Waals surface area contributed by atoms with Gasteiger partial charge in [0, 0.05) is 43.8 Å². The third-order valence-electron chi connectivity index (χ3n) is 3.16. The van der Waals surface area contributed by atoms with E-state index in [0.29, 0.717) is 24.4 Å². The highest BCUT2D eigenvalue weighted by molar-refractivity contribution is 7.89. The van der Waals surface area contributed by atoms with E-state index in [1.165, 1.54) is 11.3 Å². The van der Waals surface area contributed by atoms with Crippen LogP contribution in [0.1, 0.15) is 16.3 Å². The molecule has 8 heteroatoms. The molecule has 2 heterocycles. The molecule has 0 aliphatic carbocycles. The van der Waals surface area contributed by atoms with E-state index in [9.17, 15) is 8.42 Å². The fourth-order valence-corrected chi connectivity index (χ4v) is 4.99. The number of thiophene rings is 1. The number of hydrogen-bond acceptors (Lipinski definition) is 5. The number of rotatable bonds is 7. The van der Waals surface area contributed by atoms with Crippen LogP contribution in [0.25, 0.3) is 0 Å². The Kier molecular flexibility index (Phi) is 5.15. The van der Waals surface area contributed by atoms with E-state index in [2.05, 4.69) is 15.0 Å². The average molecular weight is 328 g/mol. The highest BCUT2D eigenvalue weighted by atomic mass is 32.2. The van der Waals surface area contributed by atoms with Gasteiger partial charge in [0.1, 0.15) is 10.7 Å². The first-order valence-corrected chi connectivity index (χ1v) is 8.99. The van der Waals surface area contributed by atoms with Crippen molar-refractivity contribution in [3.05, 3.63) is 34.0 Å². The van der Waals surface area contributed by atoms with Gasteiger partial charge in [-0.15, -0.1) is 11.3 Å². The van der Waals surface area contributed by atoms with Gasteiger partial charge in [0.25, 0.3) is 0 Å². The Balaban J connectivity index is 2.08. The summed E-state index contributed by atoms with van der Waals surface area (Å²) in [4.78, 5) is 5.42. The molecule has 0 atom stereocenters. The lowest BCUT2D eigenvalue weighted by Gasteiger charge is -2.09. The van der Waals surface area contributed by atoms with Gasteiger partial charge < -0.3 is 9.88 Å². The van der Waals surface area contributed by atoms with Crippen molar-refractivity contribution in [2.24, 2.45) is 7.05 Å². The molecule has 0 radical (unpaired) electrons. The Morgan fingerprint density at radius 2 is 2.19 bits per heavy atom. The van der Waals surface area contributed by atoms with E-state index < -0.39 is 10.0 Å². The maximum atomic E-state index is 12.5. The molecule has 0 aliphatic rings. The number of aryl methyl sites for hydroxylation is 2. The highest BCUT2D eigenvalue weighted by Gasteiger charge is 2.22. The molecule has 0 saturated heterocycles. The molecule has 6 nitrogen and oxygen atoms in total. The van der Waals surface area contributed by atoms with Crippen LogP contribution in [-0.2, 0) is 30.0 Å². The van der Waals surface area contributed by atoms with E-state index in [4.69, 9.17) is 0 Å². The van der Waals surface area contributed by atoms with Crippen molar-refractivity contribution in [1.82, 2.24) is 19.6 Å². The number of nitrogens with zero attached hydrogens (tertiary/aromatic N) is 2. The molecule has 2 rings (SSSR count). The minimum absolute atomic E-state index is 0.335. The molecule has 0 fully saturated rings. The van der Waals surface area contributed by atoms with Crippen molar-refractivity contribution < 1.29 is 8.42 Å². The van der Waals surface area contributed by atoms with Gasteiger partial charge in [-0.25, -0.2) is 18.1 Å². The maximum absolute atomic E-state index is 12.5. The first kappa shape index (κ1) is 16.2. The molecule has 0 saturated carbocycles. The monoisotopic (exact) mass is 328 g/mol. The van der Waals surface area contributed by atoms with Gasteiger partial charge in [-0.3, -0.25) is 0 Å². The van der Waals surface area contributed by atoms with Crippen LogP contribution in [0.4, 0.5) is 0 Å². The lowest BCUT2D eigenvalue weighted by atomic mass is 10.3. The summed E-state index contributed by atoms with van der Waals surface area (Å²) >= 11 is 1.46. The first-order valence-electron chi connectivity index (χ1n) is 6.63. The van der Waals surface area contributed by atoms with Gasteiger partial charge in [-0.1, -0.05) is 0 Å². The minimum Gasteiger partial charge on any atom is -0.338 e. The van der Waals surface area contributed by atoms with E-state index in [0.717, 1.165) is 16.3 Å². The van der Waals surface area contributed by atoms with Crippen LogP contribution in [0.3, 0.4) is 0 Å². The second-order valence-electron chi connectivity index (χ2n) is 4.80. The van der Waals surface area contributed by atoms with Crippen LogP contribution in [0.5, 0.6) is 0 Å². The van der Waals surface area contributed by atoms with Gasteiger partial charge in [0.05, 0.1) is 0 Å². The zero-order chi connectivity index (χ0) is 15.5. The van der Waals surface area contributed by atoms with Gasteiger partial charge in [0.15, 0.2) is 0 Å². The highest BCUT2D eigenvalue weighted by Crippen LogP contribution is 2.26. The van der Waals surface area contributed by atoms with Crippen LogP contribution in [0.15, 0.2) is 22.7 Å². The Hall–Kier alpha value is -1.22. The lowest BCUT2D eigenvalue weighted by Crippen LogP contribution is -2.28. The smallest absolute Gasteiger partial charge is 0.241 e. The number of nitrogens with one attached hydrogen (secondary N) is 2. The normalized spacial score (nSPS) is 12.0. The summed E-state index contributed by atoms with van der Waals surface area (Å²) in [5.74, 6) is 0.857. The van der Waals surface area contributed by atoms with Crippen LogP contribution in [-0.4, -0.2) is 31.6 Å². The molecule has 0 bridgehead atoms. The second-order valence-corrected chi connectivity index (χ2v) is 7.47. The molecule has 0 amide bonds. The van der Waals surface area contributed by atoms with Gasteiger partial charge >= 0.3 is 0 Å². The summed E-state index contributed by atoms with van der Waals surface area (Å²) in [6.07, 6.45) is 4.11. The predicted octanol–water partition coefficient (Wildman–Crippen LogP) is 1.03. The van der Waals surface area contributed by atoms with Gasteiger partial charge in [-0.05, 0) is 24.9 Å². The summed E-state index contributed by atoms with van der Waals surface area (Å²) in [6.45, 7) is 2.71. The zero-order valence-corrected chi connectivity index (χ0v) is 14.0. The summed E-state index contributed by atoms with van der Waals surface area (Å²) in [5.41, 5.74) is 0.787. The number of sulfonamides is 1. The van der Waals surface area contributed by atoms with Crippen LogP contribution >= 0.6 is 11.3 Å². The molecule has 116 valence electrons. The SMILES string of the molecule is CNCc1scc(C)c1S(=O)(=O)NCCc1nccn1C. The van der Waals surface area contributed by atoms with Gasteiger partial charge in [-0.2, -0.15) is 0 Å². The third kappa shape index (κ3) is 3.70. The Morgan fingerprint density at radius 1 is 1.43 bits per heavy atom. The number of aromatic nitrogens is 2. The van der Waals surface area contributed by atoms with E-state index in [1.807, 2.05) is 30.1 Å². The third-order valence-corrected chi connectivity index (χ3v) is 6.08. The Bertz CT molecular complexity index is 704. The van der Waals surface area contributed by atoms with Crippen molar-refractivity contribution in [3.8, 4) is 0 Å². The Labute approximate surface area is 129 Å². The largest absolute Gasteiger partial charge is 0.338 e. The molecule has 2 aromatic heterocycles. The van der Waals surface area contributed by atoms with Crippen LogP contribution in [0, 0.1) is 6.92 Å². The molecule has 2 N–H and O–H groups in total. The van der Waals surface area contributed by atoms with Crippen molar-refractivity contribution in [2.75, 3.05) is 13.6 Å². The molecule has 0 aromatic carbocycles. The quantitative estimate of drug-likeness (QED) is 0.796. The Morgan fingerprint density at radius 3 is 2.81 bits per heavy atom. The molecule has 0 unspecified atom stereocenters. The van der Waals surface area contributed by atoms with Crippen molar-refractivity contribution in [3.63, 3.8) is 0 Å². The minimum atomic E-state index is -3.48.